The van der Waals surface area contributed by atoms with Gasteiger partial charge in [-0.25, -0.2) is 0 Å². The summed E-state index contributed by atoms with van der Waals surface area (Å²) in [4.78, 5) is 0. The number of aliphatic hydroxyl groups excluding tert-OH is 2. The van der Waals surface area contributed by atoms with Crippen LogP contribution in [0.3, 0.4) is 0 Å². The zero-order chi connectivity index (χ0) is 6.85. The Morgan fingerprint density at radius 1 is 1.44 bits per heavy atom. The Bertz CT molecular complexity index is 133. The van der Waals surface area contributed by atoms with Crippen LogP contribution in [0, 0.1) is 0 Å². The van der Waals surface area contributed by atoms with Crippen LogP contribution in [0.2, 0.25) is 0 Å². The first kappa shape index (κ1) is 7.25. The van der Waals surface area contributed by atoms with Crippen LogP contribution >= 0.6 is 15.9 Å². The first-order valence-electron chi connectivity index (χ1n) is 2.93. The Balaban J connectivity index is 2.61. The lowest BCUT2D eigenvalue weighted by Crippen LogP contribution is -2.18. The Labute approximate surface area is 62.3 Å². The molecule has 0 bridgehead atoms. The van der Waals surface area contributed by atoms with Gasteiger partial charge in [-0.05, 0) is 18.9 Å². The first-order chi connectivity index (χ1) is 4.20. The molecule has 0 aromatic carbocycles. The molecule has 1 aliphatic rings. The maximum absolute atomic E-state index is 9.07. The second kappa shape index (κ2) is 2.82. The Morgan fingerprint density at radius 2 is 2.11 bits per heavy atom. The number of halogens is 1. The van der Waals surface area contributed by atoms with E-state index in [2.05, 4.69) is 15.9 Å². The number of hydrogen-bond donors (Lipinski definition) is 2. The van der Waals surface area contributed by atoms with Crippen molar-refractivity contribution in [3.05, 3.63) is 10.6 Å². The minimum atomic E-state index is -0.395. The third-order valence-corrected chi connectivity index (χ3v) is 2.20. The molecule has 0 radical (unpaired) electrons. The summed E-state index contributed by atoms with van der Waals surface area (Å²) in [6, 6.07) is 0. The molecule has 0 amide bonds. The average Bonchev–Trinajstić information content (AvgIpc) is 1.80. The quantitative estimate of drug-likeness (QED) is 0.596. The van der Waals surface area contributed by atoms with E-state index in [0.717, 1.165) is 0 Å². The van der Waals surface area contributed by atoms with Gasteiger partial charge in [-0.3, -0.25) is 0 Å². The maximum atomic E-state index is 9.07. The SMILES string of the molecule is OC1C=C(Br)C(O)CC1. The zero-order valence-electron chi connectivity index (χ0n) is 4.92. The topological polar surface area (TPSA) is 40.5 Å². The van der Waals surface area contributed by atoms with Crippen molar-refractivity contribution in [3.8, 4) is 0 Å². The maximum Gasteiger partial charge on any atom is 0.0853 e. The van der Waals surface area contributed by atoms with Gasteiger partial charge in [-0.2, -0.15) is 0 Å². The van der Waals surface area contributed by atoms with Crippen LogP contribution in [-0.2, 0) is 0 Å². The third-order valence-electron chi connectivity index (χ3n) is 1.41. The van der Waals surface area contributed by atoms with Gasteiger partial charge in [0.05, 0.1) is 12.2 Å². The molecule has 52 valence electrons. The van der Waals surface area contributed by atoms with Crippen LogP contribution in [0.4, 0.5) is 0 Å². The summed E-state index contributed by atoms with van der Waals surface area (Å²) in [6.45, 7) is 0. The Hall–Kier alpha value is 0.140. The number of rotatable bonds is 0. The predicted molar refractivity (Wildman–Crippen MR) is 38.3 cm³/mol. The molecule has 0 heterocycles. The summed E-state index contributed by atoms with van der Waals surface area (Å²) >= 11 is 3.15. The molecule has 2 unspecified atom stereocenters. The van der Waals surface area contributed by atoms with Gasteiger partial charge < -0.3 is 10.2 Å². The smallest absolute Gasteiger partial charge is 0.0853 e. The molecule has 1 aliphatic carbocycles. The molecular formula is C6H9BrO2. The zero-order valence-corrected chi connectivity index (χ0v) is 6.50. The number of hydrogen-bond acceptors (Lipinski definition) is 2. The van der Waals surface area contributed by atoms with Crippen LogP contribution < -0.4 is 0 Å². The summed E-state index contributed by atoms with van der Waals surface area (Å²) in [5.74, 6) is 0. The van der Waals surface area contributed by atoms with Crippen LogP contribution in [-0.4, -0.2) is 22.4 Å². The lowest BCUT2D eigenvalue weighted by Gasteiger charge is -2.18. The van der Waals surface area contributed by atoms with E-state index in [1.165, 1.54) is 0 Å². The van der Waals surface area contributed by atoms with Crippen molar-refractivity contribution >= 4 is 15.9 Å². The molecule has 0 fully saturated rings. The van der Waals surface area contributed by atoms with Crippen molar-refractivity contribution in [1.29, 1.82) is 0 Å². The molecule has 0 aromatic rings. The molecule has 0 saturated carbocycles. The Morgan fingerprint density at radius 3 is 2.56 bits per heavy atom. The highest BCUT2D eigenvalue weighted by Gasteiger charge is 2.16. The van der Waals surface area contributed by atoms with E-state index in [0.29, 0.717) is 17.3 Å². The highest BCUT2D eigenvalue weighted by Crippen LogP contribution is 2.22. The summed E-state index contributed by atoms with van der Waals surface area (Å²) in [7, 11) is 0. The monoisotopic (exact) mass is 192 g/mol. The van der Waals surface area contributed by atoms with Gasteiger partial charge in [0.1, 0.15) is 0 Å². The van der Waals surface area contributed by atoms with Gasteiger partial charge in [0.15, 0.2) is 0 Å². The minimum absolute atomic E-state index is 0.372. The standard InChI is InChI=1S/C6H9BrO2/c7-5-3-4(8)1-2-6(5)9/h3-4,6,8-9H,1-2H2. The highest BCUT2D eigenvalue weighted by atomic mass is 79.9. The normalized spacial score (nSPS) is 36.1. The molecule has 0 aliphatic heterocycles. The highest BCUT2D eigenvalue weighted by molar-refractivity contribution is 9.11. The molecule has 9 heavy (non-hydrogen) atoms. The third kappa shape index (κ3) is 1.78. The van der Waals surface area contributed by atoms with Crippen LogP contribution in [0.25, 0.3) is 0 Å². The Kier molecular flexibility index (Phi) is 2.27. The summed E-state index contributed by atoms with van der Waals surface area (Å²) < 4.78 is 0.709. The lowest BCUT2D eigenvalue weighted by molar-refractivity contribution is 0.144. The summed E-state index contributed by atoms with van der Waals surface area (Å²) in [5.41, 5.74) is 0. The predicted octanol–water partition coefficient (Wildman–Crippen LogP) is 0.781. The van der Waals surface area contributed by atoms with E-state index >= 15 is 0 Å². The molecule has 0 aromatic heterocycles. The molecule has 2 N–H and O–H groups in total. The van der Waals surface area contributed by atoms with E-state index < -0.39 is 6.10 Å². The van der Waals surface area contributed by atoms with E-state index in [-0.39, 0.29) is 6.10 Å². The van der Waals surface area contributed by atoms with Gasteiger partial charge in [0.25, 0.3) is 0 Å². The van der Waals surface area contributed by atoms with Crippen molar-refractivity contribution in [2.45, 2.75) is 25.0 Å². The summed E-state index contributed by atoms with van der Waals surface area (Å²) in [6.07, 6.45) is 2.18. The molecule has 3 heteroatoms. The van der Waals surface area contributed by atoms with E-state index in [1.807, 2.05) is 0 Å². The molecule has 2 atom stereocenters. The van der Waals surface area contributed by atoms with Crippen molar-refractivity contribution in [1.82, 2.24) is 0 Å². The van der Waals surface area contributed by atoms with Gasteiger partial charge in [0, 0.05) is 4.48 Å². The fourth-order valence-electron chi connectivity index (χ4n) is 0.845. The molecule has 0 saturated heterocycles. The fraction of sp³-hybridized carbons (Fsp3) is 0.667. The van der Waals surface area contributed by atoms with E-state index in [1.54, 1.807) is 6.08 Å². The van der Waals surface area contributed by atoms with Crippen LogP contribution in [0.15, 0.2) is 10.6 Å². The van der Waals surface area contributed by atoms with Gasteiger partial charge in [-0.15, -0.1) is 0 Å². The van der Waals surface area contributed by atoms with E-state index in [9.17, 15) is 0 Å². The summed E-state index contributed by atoms with van der Waals surface area (Å²) in [5, 5.41) is 18.0. The minimum Gasteiger partial charge on any atom is -0.389 e. The first-order valence-corrected chi connectivity index (χ1v) is 3.73. The second-order valence-corrected chi connectivity index (χ2v) is 3.13. The van der Waals surface area contributed by atoms with Gasteiger partial charge >= 0.3 is 0 Å². The fourth-order valence-corrected chi connectivity index (χ4v) is 1.38. The van der Waals surface area contributed by atoms with Crippen molar-refractivity contribution in [2.24, 2.45) is 0 Å². The van der Waals surface area contributed by atoms with Crippen molar-refractivity contribution in [3.63, 3.8) is 0 Å². The molecule has 2 nitrogen and oxygen atoms in total. The lowest BCUT2D eigenvalue weighted by atomic mass is 10.0. The van der Waals surface area contributed by atoms with Gasteiger partial charge in [-0.1, -0.05) is 15.9 Å². The van der Waals surface area contributed by atoms with Crippen LogP contribution in [0.1, 0.15) is 12.8 Å². The molecular weight excluding hydrogens is 184 g/mol. The van der Waals surface area contributed by atoms with Crippen LogP contribution in [0.5, 0.6) is 0 Å². The van der Waals surface area contributed by atoms with Crippen molar-refractivity contribution in [2.75, 3.05) is 0 Å². The molecule has 0 spiro atoms. The average molecular weight is 193 g/mol. The second-order valence-electron chi connectivity index (χ2n) is 2.21. The van der Waals surface area contributed by atoms with Crippen molar-refractivity contribution < 1.29 is 10.2 Å². The number of aliphatic hydroxyl groups is 2. The largest absolute Gasteiger partial charge is 0.389 e. The van der Waals surface area contributed by atoms with E-state index in [4.69, 9.17) is 10.2 Å². The van der Waals surface area contributed by atoms with Gasteiger partial charge in [0.2, 0.25) is 0 Å². The molecule has 1 rings (SSSR count).